The second-order valence-electron chi connectivity index (χ2n) is 4.92. The molecule has 4 nitrogen and oxygen atoms in total. The van der Waals surface area contributed by atoms with Crippen LogP contribution in [-0.2, 0) is 9.53 Å². The van der Waals surface area contributed by atoms with E-state index in [4.69, 9.17) is 4.74 Å². The summed E-state index contributed by atoms with van der Waals surface area (Å²) >= 11 is 0. The zero-order valence-electron chi connectivity index (χ0n) is 10.2. The van der Waals surface area contributed by atoms with Gasteiger partial charge in [-0.1, -0.05) is 12.8 Å². The molecular weight excluding hydrogens is 218 g/mol. The molecule has 1 saturated carbocycles. The maximum atomic E-state index is 12.0. The van der Waals surface area contributed by atoms with E-state index in [9.17, 15) is 9.90 Å². The van der Waals surface area contributed by atoms with Crippen LogP contribution in [0.15, 0.2) is 11.8 Å². The molecule has 1 aliphatic heterocycles. The molecule has 4 heteroatoms. The van der Waals surface area contributed by atoms with Crippen LogP contribution in [0.4, 0.5) is 0 Å². The van der Waals surface area contributed by atoms with Crippen molar-refractivity contribution in [2.24, 2.45) is 5.92 Å². The van der Waals surface area contributed by atoms with Gasteiger partial charge in [0.1, 0.15) is 0 Å². The quantitative estimate of drug-likeness (QED) is 0.781. The number of hydrogen-bond donors (Lipinski definition) is 2. The SMILES string of the molecule is O=C(NC1CCCCC1CO)C1=COCCC1. The summed E-state index contributed by atoms with van der Waals surface area (Å²) in [5.74, 6) is 0.202. The fourth-order valence-corrected chi connectivity index (χ4v) is 2.61. The number of rotatable bonds is 3. The lowest BCUT2D eigenvalue weighted by Gasteiger charge is -2.31. The fourth-order valence-electron chi connectivity index (χ4n) is 2.61. The molecule has 17 heavy (non-hydrogen) atoms. The van der Waals surface area contributed by atoms with Crippen molar-refractivity contribution >= 4 is 5.91 Å². The van der Waals surface area contributed by atoms with Crippen LogP contribution < -0.4 is 5.32 Å². The molecule has 1 heterocycles. The molecule has 0 bridgehead atoms. The number of aliphatic hydroxyl groups excluding tert-OH is 1. The number of aliphatic hydroxyl groups is 1. The molecule has 2 N–H and O–H groups in total. The molecule has 0 saturated heterocycles. The number of carbonyl (C=O) groups excluding carboxylic acids is 1. The van der Waals surface area contributed by atoms with Crippen LogP contribution in [0.5, 0.6) is 0 Å². The van der Waals surface area contributed by atoms with Gasteiger partial charge < -0.3 is 15.2 Å². The minimum absolute atomic E-state index is 0.0185. The summed E-state index contributed by atoms with van der Waals surface area (Å²) in [7, 11) is 0. The Bertz CT molecular complexity index is 301. The van der Waals surface area contributed by atoms with Crippen LogP contribution >= 0.6 is 0 Å². The van der Waals surface area contributed by atoms with E-state index in [0.717, 1.165) is 44.1 Å². The van der Waals surface area contributed by atoms with E-state index in [1.165, 1.54) is 0 Å². The molecule has 0 aromatic rings. The minimum Gasteiger partial charge on any atom is -0.501 e. The van der Waals surface area contributed by atoms with E-state index in [-0.39, 0.29) is 24.5 Å². The molecule has 0 radical (unpaired) electrons. The molecule has 2 rings (SSSR count). The summed E-state index contributed by atoms with van der Waals surface area (Å²) in [6, 6.07) is 0.129. The number of nitrogens with one attached hydrogen (secondary N) is 1. The summed E-state index contributed by atoms with van der Waals surface area (Å²) in [5.41, 5.74) is 0.735. The lowest BCUT2D eigenvalue weighted by Crippen LogP contribution is -2.44. The Balaban J connectivity index is 1.90. The molecule has 1 fully saturated rings. The molecule has 1 aliphatic carbocycles. The van der Waals surface area contributed by atoms with E-state index in [1.54, 1.807) is 6.26 Å². The maximum Gasteiger partial charge on any atom is 0.250 e. The van der Waals surface area contributed by atoms with E-state index < -0.39 is 0 Å². The standard InChI is InChI=1S/C13H21NO3/c15-8-10-4-1-2-6-12(10)14-13(16)11-5-3-7-17-9-11/h9-10,12,15H,1-8H2,(H,14,16). The summed E-state index contributed by atoms with van der Waals surface area (Å²) in [4.78, 5) is 12.0. The summed E-state index contributed by atoms with van der Waals surface area (Å²) < 4.78 is 5.17. The van der Waals surface area contributed by atoms with Crippen LogP contribution in [0, 0.1) is 5.92 Å². The maximum absolute atomic E-state index is 12.0. The summed E-state index contributed by atoms with van der Waals surface area (Å²) in [5, 5.41) is 12.3. The third-order valence-corrected chi connectivity index (χ3v) is 3.69. The van der Waals surface area contributed by atoms with E-state index in [0.29, 0.717) is 6.61 Å². The van der Waals surface area contributed by atoms with Gasteiger partial charge in [-0.2, -0.15) is 0 Å². The highest BCUT2D eigenvalue weighted by Crippen LogP contribution is 2.24. The van der Waals surface area contributed by atoms with Crippen molar-refractivity contribution in [2.75, 3.05) is 13.2 Å². The highest BCUT2D eigenvalue weighted by atomic mass is 16.5. The summed E-state index contributed by atoms with van der Waals surface area (Å²) in [6.07, 6.45) is 7.56. The first-order valence-corrected chi connectivity index (χ1v) is 6.53. The predicted octanol–water partition coefficient (Wildman–Crippen LogP) is 1.35. The van der Waals surface area contributed by atoms with Gasteiger partial charge in [0.05, 0.1) is 18.4 Å². The molecule has 2 atom stereocenters. The van der Waals surface area contributed by atoms with Gasteiger partial charge in [0.15, 0.2) is 0 Å². The van der Waals surface area contributed by atoms with Crippen molar-refractivity contribution in [2.45, 2.75) is 44.6 Å². The molecule has 0 spiro atoms. The van der Waals surface area contributed by atoms with Gasteiger partial charge in [-0.25, -0.2) is 0 Å². The van der Waals surface area contributed by atoms with Crippen LogP contribution in [0.1, 0.15) is 38.5 Å². The predicted molar refractivity (Wildman–Crippen MR) is 64.2 cm³/mol. The van der Waals surface area contributed by atoms with Crippen LogP contribution in [0.2, 0.25) is 0 Å². The lowest BCUT2D eigenvalue weighted by atomic mass is 9.85. The Morgan fingerprint density at radius 1 is 1.41 bits per heavy atom. The van der Waals surface area contributed by atoms with Gasteiger partial charge in [0, 0.05) is 18.6 Å². The zero-order chi connectivity index (χ0) is 12.1. The number of carbonyl (C=O) groups is 1. The molecule has 1 amide bonds. The van der Waals surface area contributed by atoms with E-state index >= 15 is 0 Å². The Morgan fingerprint density at radius 2 is 2.24 bits per heavy atom. The van der Waals surface area contributed by atoms with Crippen LogP contribution in [-0.4, -0.2) is 30.3 Å². The number of amides is 1. The van der Waals surface area contributed by atoms with Gasteiger partial charge >= 0.3 is 0 Å². The van der Waals surface area contributed by atoms with Gasteiger partial charge in [-0.3, -0.25) is 4.79 Å². The molecule has 0 aromatic carbocycles. The van der Waals surface area contributed by atoms with Crippen LogP contribution in [0.3, 0.4) is 0 Å². The normalized spacial score (nSPS) is 29.1. The highest BCUT2D eigenvalue weighted by molar-refractivity contribution is 5.93. The highest BCUT2D eigenvalue weighted by Gasteiger charge is 2.27. The topological polar surface area (TPSA) is 58.6 Å². The fraction of sp³-hybridized carbons (Fsp3) is 0.769. The lowest BCUT2D eigenvalue weighted by molar-refractivity contribution is -0.119. The van der Waals surface area contributed by atoms with E-state index in [1.807, 2.05) is 0 Å². The average Bonchev–Trinajstić information content (AvgIpc) is 2.40. The summed E-state index contributed by atoms with van der Waals surface area (Å²) in [6.45, 7) is 0.875. The van der Waals surface area contributed by atoms with Crippen molar-refractivity contribution in [3.8, 4) is 0 Å². The van der Waals surface area contributed by atoms with Gasteiger partial charge in [-0.15, -0.1) is 0 Å². The number of ether oxygens (including phenoxy) is 1. The van der Waals surface area contributed by atoms with Crippen molar-refractivity contribution in [1.82, 2.24) is 5.32 Å². The minimum atomic E-state index is -0.0185. The van der Waals surface area contributed by atoms with Gasteiger partial charge in [0.25, 0.3) is 5.91 Å². The van der Waals surface area contributed by atoms with Crippen molar-refractivity contribution in [1.29, 1.82) is 0 Å². The second kappa shape index (κ2) is 6.05. The average molecular weight is 239 g/mol. The van der Waals surface area contributed by atoms with E-state index in [2.05, 4.69) is 5.32 Å². The van der Waals surface area contributed by atoms with Gasteiger partial charge in [0.2, 0.25) is 0 Å². The Kier molecular flexibility index (Phi) is 4.42. The van der Waals surface area contributed by atoms with Crippen LogP contribution in [0.25, 0.3) is 0 Å². The first kappa shape index (κ1) is 12.4. The van der Waals surface area contributed by atoms with Crippen molar-refractivity contribution in [3.05, 3.63) is 11.8 Å². The van der Waals surface area contributed by atoms with Gasteiger partial charge in [-0.05, 0) is 25.7 Å². The Morgan fingerprint density at radius 3 is 2.94 bits per heavy atom. The Labute approximate surface area is 102 Å². The molecule has 96 valence electrons. The third kappa shape index (κ3) is 3.22. The second-order valence-corrected chi connectivity index (χ2v) is 4.92. The first-order valence-electron chi connectivity index (χ1n) is 6.53. The molecule has 2 unspecified atom stereocenters. The molecule has 2 aliphatic rings. The Hall–Kier alpha value is -1.03. The molecular formula is C13H21NO3. The third-order valence-electron chi connectivity index (χ3n) is 3.69. The zero-order valence-corrected chi connectivity index (χ0v) is 10.2. The van der Waals surface area contributed by atoms with Crippen molar-refractivity contribution in [3.63, 3.8) is 0 Å². The largest absolute Gasteiger partial charge is 0.501 e. The monoisotopic (exact) mass is 239 g/mol. The first-order chi connectivity index (χ1) is 8.31. The number of hydrogen-bond acceptors (Lipinski definition) is 3. The smallest absolute Gasteiger partial charge is 0.250 e. The van der Waals surface area contributed by atoms with Crippen molar-refractivity contribution < 1.29 is 14.6 Å². The molecule has 0 aromatic heterocycles.